The Morgan fingerprint density at radius 1 is 1.13 bits per heavy atom. The maximum atomic E-state index is 13.5. The molecule has 1 amide bonds. The predicted molar refractivity (Wildman–Crippen MR) is 85.8 cm³/mol. The number of nitrogens with one attached hydrogen (secondary N) is 1. The zero-order valence-corrected chi connectivity index (χ0v) is 12.5. The van der Waals surface area contributed by atoms with Crippen LogP contribution in [0.15, 0.2) is 54.7 Å². The van der Waals surface area contributed by atoms with Crippen LogP contribution >= 0.6 is 0 Å². The number of nitrogens with zero attached hydrogens (tertiary/aromatic N) is 1. The zero-order valence-electron chi connectivity index (χ0n) is 12.5. The molecule has 1 aromatic heterocycles. The van der Waals surface area contributed by atoms with E-state index in [0.29, 0.717) is 17.4 Å². The summed E-state index contributed by atoms with van der Waals surface area (Å²) in [6.07, 6.45) is 1.45. The third-order valence-electron chi connectivity index (χ3n) is 3.65. The van der Waals surface area contributed by atoms with E-state index in [-0.39, 0.29) is 17.4 Å². The molecule has 0 saturated carbocycles. The van der Waals surface area contributed by atoms with Gasteiger partial charge < -0.3 is 5.32 Å². The summed E-state index contributed by atoms with van der Waals surface area (Å²) in [5.74, 6) is -1.02. The predicted octanol–water partition coefficient (Wildman–Crippen LogP) is 3.37. The van der Waals surface area contributed by atoms with E-state index in [1.54, 1.807) is 0 Å². The van der Waals surface area contributed by atoms with Crippen LogP contribution in [0.4, 0.5) is 4.39 Å². The molecule has 5 heteroatoms. The van der Waals surface area contributed by atoms with Crippen molar-refractivity contribution < 1.29 is 14.0 Å². The number of amides is 1. The minimum Gasteiger partial charge on any atom is -0.348 e. The van der Waals surface area contributed by atoms with E-state index in [1.807, 2.05) is 30.3 Å². The van der Waals surface area contributed by atoms with Crippen molar-refractivity contribution in [2.75, 3.05) is 0 Å². The van der Waals surface area contributed by atoms with Gasteiger partial charge in [0.1, 0.15) is 5.82 Å². The van der Waals surface area contributed by atoms with Crippen molar-refractivity contribution in [3.05, 3.63) is 71.7 Å². The summed E-state index contributed by atoms with van der Waals surface area (Å²) in [7, 11) is 0. The van der Waals surface area contributed by atoms with Crippen molar-refractivity contribution in [1.82, 2.24) is 9.88 Å². The van der Waals surface area contributed by atoms with Crippen molar-refractivity contribution in [1.29, 1.82) is 0 Å². The molecule has 0 radical (unpaired) electrons. The largest absolute Gasteiger partial charge is 0.348 e. The second kappa shape index (κ2) is 6.04. The number of rotatable bonds is 3. The molecule has 0 spiro atoms. The summed E-state index contributed by atoms with van der Waals surface area (Å²) in [5.41, 5.74) is 1.76. The Kier molecular flexibility index (Phi) is 3.93. The van der Waals surface area contributed by atoms with Gasteiger partial charge in [-0.1, -0.05) is 30.3 Å². The van der Waals surface area contributed by atoms with Gasteiger partial charge in [-0.05, 0) is 23.8 Å². The van der Waals surface area contributed by atoms with Crippen molar-refractivity contribution in [3.63, 3.8) is 0 Å². The van der Waals surface area contributed by atoms with Gasteiger partial charge >= 0.3 is 0 Å². The molecular formula is C18H15FN2O2. The maximum absolute atomic E-state index is 13.5. The Morgan fingerprint density at radius 2 is 1.87 bits per heavy atom. The molecule has 1 heterocycles. The molecule has 23 heavy (non-hydrogen) atoms. The molecule has 1 N–H and O–H groups in total. The van der Waals surface area contributed by atoms with Gasteiger partial charge in [-0.3, -0.25) is 14.2 Å². The first kappa shape index (κ1) is 15.0. The third kappa shape index (κ3) is 2.99. The highest BCUT2D eigenvalue weighted by molar-refractivity contribution is 6.09. The van der Waals surface area contributed by atoms with Crippen molar-refractivity contribution >= 4 is 22.7 Å². The van der Waals surface area contributed by atoms with Crippen molar-refractivity contribution in [2.24, 2.45) is 0 Å². The number of carbonyl (C=O) groups is 2. The molecule has 0 aliphatic heterocycles. The van der Waals surface area contributed by atoms with Gasteiger partial charge in [0.25, 0.3) is 5.91 Å². The third-order valence-corrected chi connectivity index (χ3v) is 3.65. The van der Waals surface area contributed by atoms with E-state index in [1.165, 1.54) is 35.9 Å². The minimum atomic E-state index is -0.448. The van der Waals surface area contributed by atoms with Crippen LogP contribution in [0.5, 0.6) is 0 Å². The average molecular weight is 310 g/mol. The molecule has 3 aromatic rings. The van der Waals surface area contributed by atoms with Crippen LogP contribution in [0.2, 0.25) is 0 Å². The molecule has 3 rings (SSSR count). The van der Waals surface area contributed by atoms with Crippen LogP contribution in [-0.4, -0.2) is 16.4 Å². The van der Waals surface area contributed by atoms with Gasteiger partial charge in [-0.15, -0.1) is 0 Å². The van der Waals surface area contributed by atoms with Crippen LogP contribution < -0.4 is 5.32 Å². The van der Waals surface area contributed by atoms with Crippen LogP contribution in [-0.2, 0) is 6.54 Å². The fraction of sp³-hybridized carbons (Fsp3) is 0.111. The summed E-state index contributed by atoms with van der Waals surface area (Å²) in [4.78, 5) is 24.1. The molecule has 2 aromatic carbocycles. The van der Waals surface area contributed by atoms with Gasteiger partial charge in [0.15, 0.2) is 0 Å². The van der Waals surface area contributed by atoms with Gasteiger partial charge in [0.05, 0.1) is 11.1 Å². The van der Waals surface area contributed by atoms with Crippen LogP contribution in [0.3, 0.4) is 0 Å². The molecule has 0 aliphatic carbocycles. The minimum absolute atomic E-state index is 0.233. The topological polar surface area (TPSA) is 51.1 Å². The fourth-order valence-corrected chi connectivity index (χ4v) is 2.52. The lowest BCUT2D eigenvalue weighted by Gasteiger charge is -2.04. The standard InChI is InChI=1S/C18H15FN2O2/c1-12(22)21-11-16(15-9-14(19)7-8-17(15)21)18(23)20-10-13-5-3-2-4-6-13/h2-9,11H,10H2,1H3,(H,20,23). The van der Waals surface area contributed by atoms with Gasteiger partial charge in [-0.25, -0.2) is 4.39 Å². The fourth-order valence-electron chi connectivity index (χ4n) is 2.52. The second-order valence-corrected chi connectivity index (χ2v) is 5.26. The Bertz CT molecular complexity index is 885. The first-order valence-corrected chi connectivity index (χ1v) is 7.20. The lowest BCUT2D eigenvalue weighted by atomic mass is 10.1. The number of benzene rings is 2. The quantitative estimate of drug-likeness (QED) is 0.806. The van der Waals surface area contributed by atoms with E-state index >= 15 is 0 Å². The highest BCUT2D eigenvalue weighted by Gasteiger charge is 2.17. The SMILES string of the molecule is CC(=O)n1cc(C(=O)NCc2ccccc2)c2cc(F)ccc21. The highest BCUT2D eigenvalue weighted by atomic mass is 19.1. The monoisotopic (exact) mass is 310 g/mol. The number of hydrogen-bond acceptors (Lipinski definition) is 2. The molecule has 4 nitrogen and oxygen atoms in total. The van der Waals surface area contributed by atoms with Gasteiger partial charge in [0.2, 0.25) is 5.91 Å². The van der Waals surface area contributed by atoms with Gasteiger partial charge in [0, 0.05) is 25.1 Å². The first-order chi connectivity index (χ1) is 11.1. The zero-order chi connectivity index (χ0) is 16.4. The molecule has 0 fully saturated rings. The van der Waals surface area contributed by atoms with Crippen molar-refractivity contribution in [3.8, 4) is 0 Å². The van der Waals surface area contributed by atoms with E-state index < -0.39 is 5.82 Å². The number of aromatic nitrogens is 1. The maximum Gasteiger partial charge on any atom is 0.253 e. The summed E-state index contributed by atoms with van der Waals surface area (Å²) < 4.78 is 14.9. The normalized spacial score (nSPS) is 10.7. The summed E-state index contributed by atoms with van der Waals surface area (Å²) in [6, 6.07) is 13.5. The highest BCUT2D eigenvalue weighted by Crippen LogP contribution is 2.22. The summed E-state index contributed by atoms with van der Waals surface area (Å²) in [5, 5.41) is 3.22. The smallest absolute Gasteiger partial charge is 0.253 e. The Morgan fingerprint density at radius 3 is 2.57 bits per heavy atom. The number of fused-ring (bicyclic) bond motifs is 1. The van der Waals surface area contributed by atoms with E-state index in [4.69, 9.17) is 0 Å². The molecule has 0 saturated heterocycles. The molecule has 0 aliphatic rings. The number of carbonyl (C=O) groups excluding carboxylic acids is 2. The molecular weight excluding hydrogens is 295 g/mol. The average Bonchev–Trinajstić information content (AvgIpc) is 2.92. The van der Waals surface area contributed by atoms with Crippen LogP contribution in [0.25, 0.3) is 10.9 Å². The lowest BCUT2D eigenvalue weighted by molar-refractivity contribution is 0.0941. The van der Waals surface area contributed by atoms with E-state index in [0.717, 1.165) is 5.56 Å². The van der Waals surface area contributed by atoms with Crippen molar-refractivity contribution in [2.45, 2.75) is 13.5 Å². The Balaban J connectivity index is 1.93. The summed E-state index contributed by atoms with van der Waals surface area (Å²) in [6.45, 7) is 1.76. The molecule has 0 bridgehead atoms. The first-order valence-electron chi connectivity index (χ1n) is 7.20. The lowest BCUT2D eigenvalue weighted by Crippen LogP contribution is -2.22. The molecule has 116 valence electrons. The summed E-state index contributed by atoms with van der Waals surface area (Å²) >= 11 is 0. The Labute approximate surface area is 132 Å². The second-order valence-electron chi connectivity index (χ2n) is 5.26. The molecule has 0 unspecified atom stereocenters. The van der Waals surface area contributed by atoms with Gasteiger partial charge in [-0.2, -0.15) is 0 Å². The molecule has 0 atom stereocenters. The van der Waals surface area contributed by atoms with E-state index in [9.17, 15) is 14.0 Å². The Hall–Kier alpha value is -2.95. The van der Waals surface area contributed by atoms with E-state index in [2.05, 4.69) is 5.32 Å². The van der Waals surface area contributed by atoms with Crippen LogP contribution in [0, 0.1) is 5.82 Å². The number of hydrogen-bond donors (Lipinski definition) is 1. The number of halogens is 1. The van der Waals surface area contributed by atoms with Crippen LogP contribution in [0.1, 0.15) is 27.6 Å².